The van der Waals surface area contributed by atoms with Crippen LogP contribution in [-0.2, 0) is 0 Å². The first-order chi connectivity index (χ1) is 6.51. The van der Waals surface area contributed by atoms with Gasteiger partial charge in [-0.3, -0.25) is 0 Å². The molecular formula is C10H14N4. The largest absolute Gasteiger partial charge is 0.368 e. The maximum Gasteiger partial charge on any atom is 0.163 e. The lowest BCUT2D eigenvalue weighted by atomic mass is 9.97. The molecule has 1 rings (SSSR count). The van der Waals surface area contributed by atoms with E-state index in [4.69, 9.17) is 5.26 Å². The van der Waals surface area contributed by atoms with Gasteiger partial charge in [-0.1, -0.05) is 20.8 Å². The van der Waals surface area contributed by atoms with Crippen LogP contribution in [0.5, 0.6) is 0 Å². The van der Waals surface area contributed by atoms with E-state index < -0.39 is 0 Å². The summed E-state index contributed by atoms with van der Waals surface area (Å²) in [5, 5.41) is 19.3. The first kappa shape index (κ1) is 10.5. The van der Waals surface area contributed by atoms with Gasteiger partial charge in [0.15, 0.2) is 5.69 Å². The van der Waals surface area contributed by atoms with E-state index in [0.29, 0.717) is 11.5 Å². The Labute approximate surface area is 84.0 Å². The predicted molar refractivity (Wildman–Crippen MR) is 54.7 cm³/mol. The Hall–Kier alpha value is -1.63. The topological polar surface area (TPSA) is 61.6 Å². The summed E-state index contributed by atoms with van der Waals surface area (Å²) in [6, 6.07) is 5.34. The van der Waals surface area contributed by atoms with Crippen molar-refractivity contribution in [3.63, 3.8) is 0 Å². The van der Waals surface area contributed by atoms with Crippen LogP contribution in [0.2, 0.25) is 0 Å². The number of hydrogen-bond acceptors (Lipinski definition) is 4. The third kappa shape index (κ3) is 3.40. The number of nitrogens with zero attached hydrogens (tertiary/aromatic N) is 3. The van der Waals surface area contributed by atoms with E-state index in [1.54, 1.807) is 12.1 Å². The minimum absolute atomic E-state index is 0.204. The van der Waals surface area contributed by atoms with Gasteiger partial charge >= 0.3 is 0 Å². The second kappa shape index (κ2) is 4.05. The zero-order valence-corrected chi connectivity index (χ0v) is 8.70. The zero-order chi connectivity index (χ0) is 10.6. The Morgan fingerprint density at radius 2 is 2.07 bits per heavy atom. The Balaban J connectivity index is 2.58. The van der Waals surface area contributed by atoms with Crippen LogP contribution >= 0.6 is 0 Å². The molecular weight excluding hydrogens is 176 g/mol. The van der Waals surface area contributed by atoms with E-state index in [1.807, 2.05) is 6.07 Å². The second-order valence-corrected chi connectivity index (χ2v) is 4.33. The van der Waals surface area contributed by atoms with Crippen molar-refractivity contribution in [2.75, 3.05) is 11.9 Å². The van der Waals surface area contributed by atoms with Crippen molar-refractivity contribution in [3.05, 3.63) is 17.8 Å². The molecule has 0 amide bonds. The molecule has 0 unspecified atom stereocenters. The number of hydrogen-bond donors (Lipinski definition) is 1. The number of nitriles is 1. The van der Waals surface area contributed by atoms with Crippen LogP contribution in [0.25, 0.3) is 0 Å². The van der Waals surface area contributed by atoms with Gasteiger partial charge in [0.2, 0.25) is 0 Å². The Bertz CT molecular complexity index is 329. The first-order valence-corrected chi connectivity index (χ1v) is 4.49. The Morgan fingerprint density at radius 3 is 2.50 bits per heavy atom. The van der Waals surface area contributed by atoms with Gasteiger partial charge in [-0.2, -0.15) is 5.26 Å². The van der Waals surface area contributed by atoms with E-state index in [-0.39, 0.29) is 5.41 Å². The molecule has 0 fully saturated rings. The Morgan fingerprint density at radius 1 is 1.36 bits per heavy atom. The SMILES string of the molecule is CC(C)(C)CNc1ccc(C#N)nn1. The minimum Gasteiger partial charge on any atom is -0.368 e. The molecule has 1 N–H and O–H groups in total. The van der Waals surface area contributed by atoms with E-state index in [2.05, 4.69) is 36.3 Å². The summed E-state index contributed by atoms with van der Waals surface area (Å²) in [6.45, 7) is 7.23. The number of anilines is 1. The van der Waals surface area contributed by atoms with Gasteiger partial charge in [0.1, 0.15) is 11.9 Å². The van der Waals surface area contributed by atoms with Crippen LogP contribution in [0.3, 0.4) is 0 Å². The van der Waals surface area contributed by atoms with Crippen molar-refractivity contribution in [2.24, 2.45) is 5.41 Å². The summed E-state index contributed by atoms with van der Waals surface area (Å²) in [5.41, 5.74) is 0.543. The monoisotopic (exact) mass is 190 g/mol. The molecule has 1 aromatic heterocycles. The van der Waals surface area contributed by atoms with Crippen molar-refractivity contribution in [1.29, 1.82) is 5.26 Å². The minimum atomic E-state index is 0.204. The van der Waals surface area contributed by atoms with Gasteiger partial charge in [0.05, 0.1) is 0 Å². The van der Waals surface area contributed by atoms with Crippen molar-refractivity contribution in [1.82, 2.24) is 10.2 Å². The maximum atomic E-state index is 8.51. The molecule has 14 heavy (non-hydrogen) atoms. The maximum absolute atomic E-state index is 8.51. The lowest BCUT2D eigenvalue weighted by molar-refractivity contribution is 0.442. The highest BCUT2D eigenvalue weighted by Crippen LogP contribution is 2.13. The zero-order valence-electron chi connectivity index (χ0n) is 8.70. The van der Waals surface area contributed by atoms with Crippen LogP contribution in [-0.4, -0.2) is 16.7 Å². The number of nitrogens with one attached hydrogen (secondary N) is 1. The Kier molecular flexibility index (Phi) is 3.03. The quantitative estimate of drug-likeness (QED) is 0.772. The fourth-order valence-corrected chi connectivity index (χ4v) is 0.842. The molecule has 0 aliphatic rings. The second-order valence-electron chi connectivity index (χ2n) is 4.33. The average Bonchev–Trinajstić information content (AvgIpc) is 2.14. The molecule has 0 radical (unpaired) electrons. The fourth-order valence-electron chi connectivity index (χ4n) is 0.842. The molecule has 1 heterocycles. The van der Waals surface area contributed by atoms with Gasteiger partial charge in [-0.15, -0.1) is 10.2 Å². The van der Waals surface area contributed by atoms with Crippen molar-refractivity contribution >= 4 is 5.82 Å². The molecule has 0 saturated heterocycles. The molecule has 4 nitrogen and oxygen atoms in total. The van der Waals surface area contributed by atoms with E-state index in [9.17, 15) is 0 Å². The van der Waals surface area contributed by atoms with Crippen molar-refractivity contribution in [2.45, 2.75) is 20.8 Å². The number of aromatic nitrogens is 2. The summed E-state index contributed by atoms with van der Waals surface area (Å²) >= 11 is 0. The van der Waals surface area contributed by atoms with Crippen LogP contribution in [0.4, 0.5) is 5.82 Å². The van der Waals surface area contributed by atoms with Gasteiger partial charge < -0.3 is 5.32 Å². The molecule has 0 aliphatic carbocycles. The third-order valence-corrected chi connectivity index (χ3v) is 1.58. The summed E-state index contributed by atoms with van der Waals surface area (Å²) < 4.78 is 0. The van der Waals surface area contributed by atoms with Crippen molar-refractivity contribution < 1.29 is 0 Å². The predicted octanol–water partition coefficient (Wildman–Crippen LogP) is 1.81. The van der Waals surface area contributed by atoms with Crippen LogP contribution in [0, 0.1) is 16.7 Å². The molecule has 74 valence electrons. The lowest BCUT2D eigenvalue weighted by Crippen LogP contribution is -2.19. The van der Waals surface area contributed by atoms with E-state index in [1.165, 1.54) is 0 Å². The van der Waals surface area contributed by atoms with Gasteiger partial charge in [0.25, 0.3) is 0 Å². The highest BCUT2D eigenvalue weighted by Gasteiger charge is 2.09. The summed E-state index contributed by atoms with van der Waals surface area (Å²) in [4.78, 5) is 0. The first-order valence-electron chi connectivity index (χ1n) is 4.49. The van der Waals surface area contributed by atoms with E-state index in [0.717, 1.165) is 6.54 Å². The molecule has 0 atom stereocenters. The smallest absolute Gasteiger partial charge is 0.163 e. The van der Waals surface area contributed by atoms with Crippen molar-refractivity contribution in [3.8, 4) is 6.07 Å². The standard InChI is InChI=1S/C10H14N4/c1-10(2,3)7-12-9-5-4-8(6-11)13-14-9/h4-5H,7H2,1-3H3,(H,12,14). The van der Waals surface area contributed by atoms with Gasteiger partial charge in [-0.25, -0.2) is 0 Å². The summed E-state index contributed by atoms with van der Waals surface area (Å²) in [5.74, 6) is 0.707. The molecule has 0 saturated carbocycles. The van der Waals surface area contributed by atoms with Gasteiger partial charge in [0, 0.05) is 6.54 Å². The summed E-state index contributed by atoms with van der Waals surface area (Å²) in [6.07, 6.45) is 0. The fraction of sp³-hybridized carbons (Fsp3) is 0.500. The lowest BCUT2D eigenvalue weighted by Gasteiger charge is -2.18. The highest BCUT2D eigenvalue weighted by atomic mass is 15.2. The van der Waals surface area contributed by atoms with Crippen LogP contribution in [0.1, 0.15) is 26.5 Å². The van der Waals surface area contributed by atoms with Gasteiger partial charge in [-0.05, 0) is 17.5 Å². The molecule has 0 aromatic carbocycles. The highest BCUT2D eigenvalue weighted by molar-refractivity contribution is 5.35. The van der Waals surface area contributed by atoms with Crippen LogP contribution in [0.15, 0.2) is 12.1 Å². The molecule has 0 bridgehead atoms. The molecule has 4 heteroatoms. The normalized spacial score (nSPS) is 10.7. The average molecular weight is 190 g/mol. The number of rotatable bonds is 2. The molecule has 1 aromatic rings. The van der Waals surface area contributed by atoms with E-state index >= 15 is 0 Å². The summed E-state index contributed by atoms with van der Waals surface area (Å²) in [7, 11) is 0. The molecule has 0 aliphatic heterocycles. The van der Waals surface area contributed by atoms with Crippen LogP contribution < -0.4 is 5.32 Å². The third-order valence-electron chi connectivity index (χ3n) is 1.58. The molecule has 0 spiro atoms.